The van der Waals surface area contributed by atoms with Gasteiger partial charge in [0, 0.05) is 6.42 Å². The number of halogens is 1. The molecule has 3 nitrogen and oxygen atoms in total. The summed E-state index contributed by atoms with van der Waals surface area (Å²) in [5.41, 5.74) is -0.528. The van der Waals surface area contributed by atoms with Crippen LogP contribution in [0.3, 0.4) is 0 Å². The quantitative estimate of drug-likeness (QED) is 0.825. The summed E-state index contributed by atoms with van der Waals surface area (Å²) in [5.74, 6) is -0.940. The van der Waals surface area contributed by atoms with Crippen LogP contribution in [0.2, 0.25) is 4.34 Å². The third kappa shape index (κ3) is 3.94. The molecule has 0 aliphatic rings. The van der Waals surface area contributed by atoms with Gasteiger partial charge in [0.2, 0.25) is 0 Å². The molecule has 0 fully saturated rings. The predicted octanol–water partition coefficient (Wildman–Crippen LogP) is 3.48. The Labute approximate surface area is 103 Å². The minimum absolute atomic E-state index is 0.0160. The molecular weight excluding hydrogens is 248 g/mol. The maximum atomic E-state index is 11.8. The Kier molecular flexibility index (Phi) is 4.10. The molecule has 0 aliphatic carbocycles. The third-order valence-electron chi connectivity index (χ3n) is 2.12. The average Bonchev–Trinajstić information content (AvgIpc) is 2.47. The minimum Gasteiger partial charge on any atom is -0.481 e. The average molecular weight is 261 g/mol. The fourth-order valence-electron chi connectivity index (χ4n) is 1.46. The largest absolute Gasteiger partial charge is 0.481 e. The Bertz CT molecular complexity index is 409. The van der Waals surface area contributed by atoms with Crippen molar-refractivity contribution in [3.8, 4) is 0 Å². The molecule has 5 heteroatoms. The van der Waals surface area contributed by atoms with Gasteiger partial charge in [0.05, 0.1) is 15.6 Å². The van der Waals surface area contributed by atoms with E-state index < -0.39 is 11.4 Å². The van der Waals surface area contributed by atoms with Crippen LogP contribution < -0.4 is 0 Å². The maximum Gasteiger partial charge on any atom is 0.303 e. The molecule has 0 aliphatic heterocycles. The number of carbonyl (C=O) groups excluding carboxylic acids is 1. The Hall–Kier alpha value is -0.870. The molecule has 0 unspecified atom stereocenters. The third-order valence-corrected chi connectivity index (χ3v) is 3.39. The Morgan fingerprint density at radius 1 is 1.38 bits per heavy atom. The van der Waals surface area contributed by atoms with Gasteiger partial charge in [0.1, 0.15) is 0 Å². The second-order valence-corrected chi connectivity index (χ2v) is 6.15. The lowest BCUT2D eigenvalue weighted by atomic mass is 9.84. The van der Waals surface area contributed by atoms with Crippen molar-refractivity contribution in [2.45, 2.75) is 26.7 Å². The van der Waals surface area contributed by atoms with Gasteiger partial charge >= 0.3 is 5.97 Å². The van der Waals surface area contributed by atoms with Crippen LogP contribution in [0.15, 0.2) is 12.1 Å². The summed E-state index contributed by atoms with van der Waals surface area (Å²) in [6.07, 6.45) is 0.202. The van der Waals surface area contributed by atoms with Crippen molar-refractivity contribution in [3.05, 3.63) is 21.3 Å². The zero-order valence-electron chi connectivity index (χ0n) is 9.12. The van der Waals surface area contributed by atoms with Crippen LogP contribution >= 0.6 is 22.9 Å². The molecule has 0 spiro atoms. The number of aliphatic carboxylic acids is 1. The van der Waals surface area contributed by atoms with Gasteiger partial charge in [-0.25, -0.2) is 0 Å². The lowest BCUT2D eigenvalue weighted by Gasteiger charge is -2.20. The number of rotatable bonds is 5. The van der Waals surface area contributed by atoms with Gasteiger partial charge < -0.3 is 5.11 Å². The summed E-state index contributed by atoms with van der Waals surface area (Å²) in [5, 5.41) is 8.71. The summed E-state index contributed by atoms with van der Waals surface area (Å²) in [4.78, 5) is 23.0. The van der Waals surface area contributed by atoms with Crippen molar-refractivity contribution in [1.82, 2.24) is 0 Å². The summed E-state index contributed by atoms with van der Waals surface area (Å²) in [6, 6.07) is 3.34. The second-order valence-electron chi connectivity index (χ2n) is 4.44. The molecule has 0 amide bonds. The first-order chi connectivity index (χ1) is 7.30. The lowest BCUT2D eigenvalue weighted by Crippen LogP contribution is -2.20. The maximum absolute atomic E-state index is 11.8. The van der Waals surface area contributed by atoms with Crippen LogP contribution in [0.5, 0.6) is 0 Å². The van der Waals surface area contributed by atoms with E-state index >= 15 is 0 Å². The van der Waals surface area contributed by atoms with Gasteiger partial charge in [-0.3, -0.25) is 9.59 Å². The topological polar surface area (TPSA) is 54.4 Å². The molecule has 1 aromatic heterocycles. The van der Waals surface area contributed by atoms with Crippen molar-refractivity contribution in [2.75, 3.05) is 0 Å². The molecule has 0 aromatic carbocycles. The minimum atomic E-state index is -0.887. The van der Waals surface area contributed by atoms with Crippen LogP contribution in [0.4, 0.5) is 0 Å². The van der Waals surface area contributed by atoms with Crippen molar-refractivity contribution < 1.29 is 14.7 Å². The second kappa shape index (κ2) is 4.97. The number of hydrogen-bond donors (Lipinski definition) is 1. The fourth-order valence-corrected chi connectivity index (χ4v) is 2.44. The Balaban J connectivity index is 2.67. The van der Waals surface area contributed by atoms with E-state index in [2.05, 4.69) is 0 Å². The first-order valence-electron chi connectivity index (χ1n) is 4.80. The molecule has 0 saturated carbocycles. The number of hydrogen-bond acceptors (Lipinski definition) is 3. The van der Waals surface area contributed by atoms with Crippen LogP contribution in [0.1, 0.15) is 36.4 Å². The van der Waals surface area contributed by atoms with Crippen LogP contribution in [0.25, 0.3) is 0 Å². The highest BCUT2D eigenvalue weighted by Crippen LogP contribution is 2.30. The zero-order valence-corrected chi connectivity index (χ0v) is 10.7. The summed E-state index contributed by atoms with van der Waals surface area (Å²) in [6.45, 7) is 3.54. The number of carboxylic acids is 1. The molecule has 1 rings (SSSR count). The standard InChI is InChI=1S/C11H13ClO3S/c1-11(2,6-10(14)15)5-7(13)8-3-4-9(12)16-8/h3-4H,5-6H2,1-2H3,(H,14,15). The highest BCUT2D eigenvalue weighted by atomic mass is 35.5. The zero-order chi connectivity index (χ0) is 12.3. The Morgan fingerprint density at radius 3 is 2.44 bits per heavy atom. The van der Waals surface area contributed by atoms with Crippen molar-refractivity contribution in [1.29, 1.82) is 0 Å². The van der Waals surface area contributed by atoms with Gasteiger partial charge in [-0.15, -0.1) is 11.3 Å². The van der Waals surface area contributed by atoms with Crippen molar-refractivity contribution >= 4 is 34.7 Å². The molecule has 0 atom stereocenters. The van der Waals surface area contributed by atoms with Crippen LogP contribution in [-0.4, -0.2) is 16.9 Å². The SMILES string of the molecule is CC(C)(CC(=O)O)CC(=O)c1ccc(Cl)s1. The highest BCUT2D eigenvalue weighted by molar-refractivity contribution is 7.18. The molecule has 88 valence electrons. The van der Waals surface area contributed by atoms with Gasteiger partial charge in [-0.1, -0.05) is 25.4 Å². The molecular formula is C11H13ClO3S. The van der Waals surface area contributed by atoms with E-state index in [-0.39, 0.29) is 18.6 Å². The number of carbonyl (C=O) groups is 2. The fraction of sp³-hybridized carbons (Fsp3) is 0.455. The molecule has 1 heterocycles. The van der Waals surface area contributed by atoms with E-state index in [9.17, 15) is 9.59 Å². The molecule has 0 radical (unpaired) electrons. The predicted molar refractivity (Wildman–Crippen MR) is 64.3 cm³/mol. The van der Waals surface area contributed by atoms with Gasteiger partial charge in [-0.2, -0.15) is 0 Å². The number of thiophene rings is 1. The van der Waals surface area contributed by atoms with E-state index in [1.54, 1.807) is 26.0 Å². The molecule has 1 aromatic rings. The van der Waals surface area contributed by atoms with Crippen LogP contribution in [0, 0.1) is 5.41 Å². The van der Waals surface area contributed by atoms with Gasteiger partial charge in [0.15, 0.2) is 5.78 Å². The van der Waals surface area contributed by atoms with Gasteiger partial charge in [-0.05, 0) is 17.5 Å². The lowest BCUT2D eigenvalue weighted by molar-refractivity contribution is -0.139. The van der Waals surface area contributed by atoms with E-state index in [4.69, 9.17) is 16.7 Å². The Morgan fingerprint density at radius 2 is 2.00 bits per heavy atom. The highest BCUT2D eigenvalue weighted by Gasteiger charge is 2.26. The first-order valence-corrected chi connectivity index (χ1v) is 6.00. The molecule has 16 heavy (non-hydrogen) atoms. The molecule has 1 N–H and O–H groups in total. The number of Topliss-reactive ketones (excluding diaryl/α,β-unsaturated/α-hetero) is 1. The first kappa shape index (κ1) is 13.2. The normalized spacial score (nSPS) is 11.4. The van der Waals surface area contributed by atoms with E-state index in [0.717, 1.165) is 0 Å². The number of ketones is 1. The van der Waals surface area contributed by atoms with Gasteiger partial charge in [0.25, 0.3) is 0 Å². The van der Waals surface area contributed by atoms with E-state index in [1.807, 2.05) is 0 Å². The van der Waals surface area contributed by atoms with Crippen molar-refractivity contribution in [3.63, 3.8) is 0 Å². The van der Waals surface area contributed by atoms with E-state index in [0.29, 0.717) is 9.21 Å². The van der Waals surface area contributed by atoms with Crippen LogP contribution in [-0.2, 0) is 4.79 Å². The van der Waals surface area contributed by atoms with E-state index in [1.165, 1.54) is 11.3 Å². The number of carboxylic acid groups (broad SMARTS) is 1. The summed E-state index contributed by atoms with van der Waals surface area (Å²) in [7, 11) is 0. The summed E-state index contributed by atoms with van der Waals surface area (Å²) < 4.78 is 0.569. The molecule has 0 bridgehead atoms. The summed E-state index contributed by atoms with van der Waals surface area (Å²) >= 11 is 6.96. The smallest absolute Gasteiger partial charge is 0.303 e. The monoisotopic (exact) mass is 260 g/mol. The molecule has 0 saturated heterocycles. The van der Waals surface area contributed by atoms with Crippen molar-refractivity contribution in [2.24, 2.45) is 5.41 Å².